The molecule has 0 bridgehead atoms. The number of carbonyl (C=O) groups excluding carboxylic acids is 1. The number of nitrogens with one attached hydrogen (secondary N) is 1. The molecule has 28 heavy (non-hydrogen) atoms. The molecule has 0 radical (unpaired) electrons. The zero-order chi connectivity index (χ0) is 19.7. The number of hydrogen-bond acceptors (Lipinski definition) is 4. The van der Waals surface area contributed by atoms with E-state index in [1.165, 1.54) is 0 Å². The van der Waals surface area contributed by atoms with Crippen LogP contribution in [0.2, 0.25) is 5.02 Å². The monoisotopic (exact) mass is 398 g/mol. The van der Waals surface area contributed by atoms with Crippen molar-refractivity contribution in [3.05, 3.63) is 64.2 Å². The number of anilines is 1. The number of rotatable bonds is 4. The lowest BCUT2D eigenvalue weighted by atomic mass is 9.81. The van der Waals surface area contributed by atoms with E-state index >= 15 is 0 Å². The minimum absolute atomic E-state index is 0.0669. The summed E-state index contributed by atoms with van der Waals surface area (Å²) in [5, 5.41) is 3.82. The molecule has 2 aromatic carbocycles. The van der Waals surface area contributed by atoms with Crippen LogP contribution in [0, 0.1) is 0 Å². The van der Waals surface area contributed by atoms with Crippen molar-refractivity contribution in [2.24, 2.45) is 0 Å². The van der Waals surface area contributed by atoms with Gasteiger partial charge < -0.3 is 20.9 Å². The maximum absolute atomic E-state index is 13.1. The van der Waals surface area contributed by atoms with Crippen molar-refractivity contribution >= 4 is 23.2 Å². The van der Waals surface area contributed by atoms with Crippen molar-refractivity contribution in [3.8, 4) is 0 Å². The third-order valence-corrected chi connectivity index (χ3v) is 6.21. The fourth-order valence-corrected chi connectivity index (χ4v) is 4.44. The van der Waals surface area contributed by atoms with Gasteiger partial charge in [-0.05, 0) is 49.3 Å². The Morgan fingerprint density at radius 3 is 2.54 bits per heavy atom. The fraction of sp³-hybridized carbons (Fsp3) is 0.409. The highest BCUT2D eigenvalue weighted by Gasteiger charge is 2.34. The molecule has 2 atom stereocenters. The SMILES string of the molecule is CN1CCN(CCC2C(=O)NC(c3cc(Cl)ccc3N)c3ccccc32)CC1. The molecule has 1 saturated heterocycles. The molecule has 2 aromatic rings. The molecule has 5 nitrogen and oxygen atoms in total. The van der Waals surface area contributed by atoms with Gasteiger partial charge in [-0.25, -0.2) is 0 Å². The van der Waals surface area contributed by atoms with Gasteiger partial charge in [0.25, 0.3) is 0 Å². The summed E-state index contributed by atoms with van der Waals surface area (Å²) >= 11 is 6.20. The summed E-state index contributed by atoms with van der Waals surface area (Å²) in [4.78, 5) is 17.9. The first kappa shape index (κ1) is 19.2. The van der Waals surface area contributed by atoms with Crippen molar-refractivity contribution in [3.63, 3.8) is 0 Å². The zero-order valence-electron chi connectivity index (χ0n) is 16.2. The second kappa shape index (κ2) is 8.11. The van der Waals surface area contributed by atoms with Crippen LogP contribution in [-0.4, -0.2) is 55.5 Å². The summed E-state index contributed by atoms with van der Waals surface area (Å²) in [6, 6.07) is 13.4. The molecule has 6 heteroatoms. The van der Waals surface area contributed by atoms with Gasteiger partial charge in [-0.2, -0.15) is 0 Å². The quantitative estimate of drug-likeness (QED) is 0.777. The minimum Gasteiger partial charge on any atom is -0.398 e. The Morgan fingerprint density at radius 1 is 1.07 bits per heavy atom. The molecule has 1 amide bonds. The Balaban J connectivity index is 1.58. The minimum atomic E-state index is -0.262. The fourth-order valence-electron chi connectivity index (χ4n) is 4.26. The summed E-state index contributed by atoms with van der Waals surface area (Å²) in [5.74, 6) is -0.0651. The van der Waals surface area contributed by atoms with E-state index in [1.54, 1.807) is 12.1 Å². The highest BCUT2D eigenvalue weighted by atomic mass is 35.5. The number of amides is 1. The Hall–Kier alpha value is -2.08. The number of nitrogens with two attached hydrogens (primary N) is 1. The zero-order valence-corrected chi connectivity index (χ0v) is 17.0. The molecule has 0 spiro atoms. The lowest BCUT2D eigenvalue weighted by Crippen LogP contribution is -2.46. The number of halogens is 1. The summed E-state index contributed by atoms with van der Waals surface area (Å²) in [7, 11) is 2.16. The van der Waals surface area contributed by atoms with E-state index in [1.807, 2.05) is 18.2 Å². The third-order valence-electron chi connectivity index (χ3n) is 5.98. The first-order valence-electron chi connectivity index (χ1n) is 9.88. The topological polar surface area (TPSA) is 61.6 Å². The maximum Gasteiger partial charge on any atom is 0.228 e. The van der Waals surface area contributed by atoms with Crippen LogP contribution >= 0.6 is 11.6 Å². The van der Waals surface area contributed by atoms with Gasteiger partial charge >= 0.3 is 0 Å². The summed E-state index contributed by atoms with van der Waals surface area (Å²) < 4.78 is 0. The number of likely N-dealkylation sites (N-methyl/N-ethyl adjacent to an activating group) is 1. The molecule has 2 aliphatic heterocycles. The average molecular weight is 399 g/mol. The number of nitrogen functional groups attached to an aromatic ring is 1. The molecule has 4 rings (SSSR count). The molecule has 3 N–H and O–H groups in total. The molecular weight excluding hydrogens is 372 g/mol. The van der Waals surface area contributed by atoms with Gasteiger partial charge in [0.05, 0.1) is 12.0 Å². The number of piperazine rings is 1. The molecule has 1 fully saturated rings. The highest BCUT2D eigenvalue weighted by Crippen LogP contribution is 2.38. The van der Waals surface area contributed by atoms with Gasteiger partial charge in [0.15, 0.2) is 0 Å². The van der Waals surface area contributed by atoms with E-state index in [0.717, 1.165) is 55.8 Å². The second-order valence-electron chi connectivity index (χ2n) is 7.83. The third kappa shape index (κ3) is 3.88. The van der Waals surface area contributed by atoms with Crippen molar-refractivity contribution in [1.29, 1.82) is 0 Å². The van der Waals surface area contributed by atoms with Crippen LogP contribution in [0.15, 0.2) is 42.5 Å². The maximum atomic E-state index is 13.1. The summed E-state index contributed by atoms with van der Waals surface area (Å²) in [6.45, 7) is 5.24. The molecule has 2 unspecified atom stereocenters. The Morgan fingerprint density at radius 2 is 1.79 bits per heavy atom. The van der Waals surface area contributed by atoms with Crippen LogP contribution in [-0.2, 0) is 4.79 Å². The Kier molecular flexibility index (Phi) is 5.58. The van der Waals surface area contributed by atoms with Gasteiger partial charge in [-0.3, -0.25) is 4.79 Å². The molecule has 0 aromatic heterocycles. The molecule has 148 valence electrons. The van der Waals surface area contributed by atoms with Crippen LogP contribution in [0.3, 0.4) is 0 Å². The van der Waals surface area contributed by atoms with Crippen LogP contribution in [0.5, 0.6) is 0 Å². The summed E-state index contributed by atoms with van der Waals surface area (Å²) in [6.07, 6.45) is 0.824. The molecule has 2 heterocycles. The van der Waals surface area contributed by atoms with E-state index in [-0.39, 0.29) is 17.9 Å². The van der Waals surface area contributed by atoms with E-state index in [2.05, 4.69) is 34.3 Å². The first-order valence-corrected chi connectivity index (χ1v) is 10.3. The van der Waals surface area contributed by atoms with E-state index in [9.17, 15) is 4.79 Å². The van der Waals surface area contributed by atoms with Crippen molar-refractivity contribution in [2.75, 3.05) is 45.5 Å². The molecule has 0 aliphatic carbocycles. The Bertz CT molecular complexity index is 863. The standard InChI is InChI=1S/C22H27ClN4O/c1-26-10-12-27(13-11-26)9-8-18-16-4-2-3-5-17(16)21(25-22(18)28)19-14-15(23)6-7-20(19)24/h2-7,14,18,21H,8-13,24H2,1H3,(H,25,28). The number of benzene rings is 2. The normalized spacial score (nSPS) is 23.3. The molecule has 2 aliphatic rings. The number of fused-ring (bicyclic) bond motifs is 1. The first-order chi connectivity index (χ1) is 13.5. The van der Waals surface area contributed by atoms with Crippen LogP contribution < -0.4 is 11.1 Å². The van der Waals surface area contributed by atoms with Crippen LogP contribution in [0.1, 0.15) is 35.1 Å². The van der Waals surface area contributed by atoms with E-state index in [4.69, 9.17) is 17.3 Å². The molecular formula is C22H27ClN4O. The number of carbonyl (C=O) groups is 1. The van der Waals surface area contributed by atoms with Crippen molar-refractivity contribution in [1.82, 2.24) is 15.1 Å². The predicted molar refractivity (Wildman–Crippen MR) is 114 cm³/mol. The van der Waals surface area contributed by atoms with Crippen LogP contribution in [0.4, 0.5) is 5.69 Å². The van der Waals surface area contributed by atoms with Gasteiger partial charge in [-0.15, -0.1) is 0 Å². The highest BCUT2D eigenvalue weighted by molar-refractivity contribution is 6.30. The second-order valence-corrected chi connectivity index (χ2v) is 8.27. The summed E-state index contributed by atoms with van der Waals surface area (Å²) in [5.41, 5.74) is 9.91. The Labute approximate surface area is 171 Å². The molecule has 0 saturated carbocycles. The lowest BCUT2D eigenvalue weighted by molar-refractivity contribution is -0.124. The van der Waals surface area contributed by atoms with Gasteiger partial charge in [-0.1, -0.05) is 35.9 Å². The number of hydrogen-bond donors (Lipinski definition) is 2. The lowest BCUT2D eigenvalue weighted by Gasteiger charge is -2.36. The van der Waals surface area contributed by atoms with Crippen molar-refractivity contribution in [2.45, 2.75) is 18.4 Å². The number of nitrogens with zero attached hydrogens (tertiary/aromatic N) is 2. The van der Waals surface area contributed by atoms with E-state index in [0.29, 0.717) is 10.7 Å². The van der Waals surface area contributed by atoms with Gasteiger partial charge in [0.2, 0.25) is 5.91 Å². The van der Waals surface area contributed by atoms with Gasteiger partial charge in [0.1, 0.15) is 0 Å². The smallest absolute Gasteiger partial charge is 0.228 e. The van der Waals surface area contributed by atoms with Crippen LogP contribution in [0.25, 0.3) is 0 Å². The largest absolute Gasteiger partial charge is 0.398 e. The van der Waals surface area contributed by atoms with E-state index < -0.39 is 0 Å². The predicted octanol–water partition coefficient (Wildman–Crippen LogP) is 2.86. The van der Waals surface area contributed by atoms with Crippen molar-refractivity contribution < 1.29 is 4.79 Å². The average Bonchev–Trinajstić information content (AvgIpc) is 2.70. The van der Waals surface area contributed by atoms with Gasteiger partial charge in [0, 0.05) is 42.5 Å².